The van der Waals surface area contributed by atoms with Crippen LogP contribution in [-0.4, -0.2) is 12.3 Å². The van der Waals surface area contributed by atoms with Gasteiger partial charge in [0, 0.05) is 6.04 Å². The number of nitrogens with two attached hydrogens (primary N) is 1. The van der Waals surface area contributed by atoms with Gasteiger partial charge in [0.25, 0.3) is 0 Å². The van der Waals surface area contributed by atoms with E-state index in [1.54, 1.807) is 6.26 Å². The summed E-state index contributed by atoms with van der Waals surface area (Å²) in [7, 11) is 0. The lowest BCUT2D eigenvalue weighted by molar-refractivity contribution is 0.738. The van der Waals surface area contributed by atoms with E-state index in [2.05, 4.69) is 43.8 Å². The monoisotopic (exact) mass is 197 g/mol. The normalized spacial score (nSPS) is 11.5. The van der Waals surface area contributed by atoms with Gasteiger partial charge in [-0.25, -0.2) is 0 Å². The van der Waals surface area contributed by atoms with Crippen LogP contribution >= 0.6 is 12.6 Å². The Morgan fingerprint density at radius 2 is 1.69 bits per heavy atom. The average molecular weight is 197 g/mol. The first-order valence-electron chi connectivity index (χ1n) is 4.44. The van der Waals surface area contributed by atoms with Crippen LogP contribution in [-0.2, 0) is 6.42 Å². The topological polar surface area (TPSA) is 26.0 Å². The molecule has 0 aliphatic carbocycles. The Morgan fingerprint density at radius 3 is 2.08 bits per heavy atom. The predicted molar refractivity (Wildman–Crippen MR) is 63.4 cm³/mol. The van der Waals surface area contributed by atoms with Crippen molar-refractivity contribution in [3.8, 4) is 0 Å². The van der Waals surface area contributed by atoms with Gasteiger partial charge >= 0.3 is 0 Å². The van der Waals surface area contributed by atoms with E-state index >= 15 is 0 Å². The first kappa shape index (κ1) is 12.5. The van der Waals surface area contributed by atoms with E-state index in [-0.39, 0.29) is 6.04 Å². The SMILES string of the molecule is CS.Cc1ccc(CC(C)N)cc1. The van der Waals surface area contributed by atoms with Crippen LogP contribution in [0.1, 0.15) is 18.1 Å². The van der Waals surface area contributed by atoms with E-state index in [4.69, 9.17) is 5.73 Å². The van der Waals surface area contributed by atoms with E-state index in [1.807, 2.05) is 6.92 Å². The molecule has 0 amide bonds. The molecule has 0 fully saturated rings. The Bertz CT molecular complexity index is 216. The smallest absolute Gasteiger partial charge is 0.00509 e. The van der Waals surface area contributed by atoms with Crippen LogP contribution < -0.4 is 5.73 Å². The molecule has 1 atom stereocenters. The van der Waals surface area contributed by atoms with Gasteiger partial charge in [-0.2, -0.15) is 12.6 Å². The largest absolute Gasteiger partial charge is 0.328 e. The molecule has 1 aromatic carbocycles. The van der Waals surface area contributed by atoms with Crippen molar-refractivity contribution < 1.29 is 0 Å². The Kier molecular flexibility index (Phi) is 6.73. The summed E-state index contributed by atoms with van der Waals surface area (Å²) < 4.78 is 0. The second-order valence-electron chi connectivity index (χ2n) is 3.17. The minimum atomic E-state index is 0.262. The van der Waals surface area contributed by atoms with Crippen LogP contribution in [0, 0.1) is 6.92 Å². The molecule has 0 spiro atoms. The second-order valence-corrected chi connectivity index (χ2v) is 3.17. The summed E-state index contributed by atoms with van der Waals surface area (Å²) >= 11 is 3.53. The number of thiol groups is 1. The van der Waals surface area contributed by atoms with Crippen molar-refractivity contribution in [2.45, 2.75) is 26.3 Å². The summed E-state index contributed by atoms with van der Waals surface area (Å²) in [5, 5.41) is 0. The Hall–Kier alpha value is -0.470. The fraction of sp³-hybridized carbons (Fsp3) is 0.455. The molecule has 1 aromatic rings. The predicted octanol–water partition coefficient (Wildman–Crippen LogP) is 2.43. The number of benzene rings is 1. The lowest BCUT2D eigenvalue weighted by Crippen LogP contribution is -2.17. The third kappa shape index (κ3) is 5.72. The van der Waals surface area contributed by atoms with E-state index in [0.717, 1.165) is 6.42 Å². The van der Waals surface area contributed by atoms with Gasteiger partial charge < -0.3 is 5.73 Å². The summed E-state index contributed by atoms with van der Waals surface area (Å²) in [6.45, 7) is 4.12. The average Bonchev–Trinajstić information content (AvgIpc) is 2.12. The maximum absolute atomic E-state index is 5.66. The second kappa shape index (κ2) is 6.98. The highest BCUT2D eigenvalue weighted by Crippen LogP contribution is 2.04. The van der Waals surface area contributed by atoms with Crippen LogP contribution in [0.5, 0.6) is 0 Å². The maximum Gasteiger partial charge on any atom is 0.00509 e. The van der Waals surface area contributed by atoms with Crippen molar-refractivity contribution in [1.29, 1.82) is 0 Å². The zero-order valence-electron chi connectivity index (χ0n) is 8.62. The molecule has 2 N–H and O–H groups in total. The molecule has 0 aliphatic rings. The molecule has 0 heterocycles. The molecule has 74 valence electrons. The lowest BCUT2D eigenvalue weighted by atomic mass is 10.1. The molecule has 0 radical (unpaired) electrons. The van der Waals surface area contributed by atoms with E-state index in [0.29, 0.717) is 0 Å². The highest BCUT2D eigenvalue weighted by atomic mass is 32.1. The van der Waals surface area contributed by atoms with Gasteiger partial charge in [-0.1, -0.05) is 29.8 Å². The quantitative estimate of drug-likeness (QED) is 0.700. The Morgan fingerprint density at radius 1 is 1.23 bits per heavy atom. The number of aryl methyl sites for hydroxylation is 1. The fourth-order valence-corrected chi connectivity index (χ4v) is 1.10. The molecule has 0 aliphatic heterocycles. The first-order chi connectivity index (χ1) is 6.18. The van der Waals surface area contributed by atoms with Crippen molar-refractivity contribution >= 4 is 12.6 Å². The van der Waals surface area contributed by atoms with Gasteiger partial charge in [0.1, 0.15) is 0 Å². The highest BCUT2D eigenvalue weighted by Gasteiger charge is 1.95. The van der Waals surface area contributed by atoms with E-state index in [9.17, 15) is 0 Å². The van der Waals surface area contributed by atoms with Gasteiger partial charge in [0.05, 0.1) is 0 Å². The van der Waals surface area contributed by atoms with Crippen LogP contribution in [0.4, 0.5) is 0 Å². The number of hydrogen-bond acceptors (Lipinski definition) is 2. The standard InChI is InChI=1S/C10H15N.CH4S/c1-8-3-5-10(6-4-8)7-9(2)11;1-2/h3-6,9H,7,11H2,1-2H3;2H,1H3. The third-order valence-electron chi connectivity index (χ3n) is 1.68. The summed E-state index contributed by atoms with van der Waals surface area (Å²) in [4.78, 5) is 0. The number of hydrogen-bond donors (Lipinski definition) is 2. The minimum Gasteiger partial charge on any atom is -0.328 e. The van der Waals surface area contributed by atoms with Crippen molar-refractivity contribution in [3.05, 3.63) is 35.4 Å². The zero-order valence-corrected chi connectivity index (χ0v) is 9.51. The van der Waals surface area contributed by atoms with E-state index in [1.165, 1.54) is 11.1 Å². The summed E-state index contributed by atoms with van der Waals surface area (Å²) in [5.41, 5.74) is 8.29. The molecule has 0 saturated carbocycles. The molecule has 0 aromatic heterocycles. The molecule has 0 saturated heterocycles. The first-order valence-corrected chi connectivity index (χ1v) is 5.34. The molecule has 1 nitrogen and oxygen atoms in total. The Labute approximate surface area is 86.8 Å². The molecule has 1 rings (SSSR count). The molecule has 13 heavy (non-hydrogen) atoms. The Balaban J connectivity index is 0.000000671. The summed E-state index contributed by atoms with van der Waals surface area (Å²) in [6, 6.07) is 8.78. The van der Waals surface area contributed by atoms with Crippen LogP contribution in [0.2, 0.25) is 0 Å². The number of rotatable bonds is 2. The lowest BCUT2D eigenvalue weighted by Gasteiger charge is -2.04. The maximum atomic E-state index is 5.66. The van der Waals surface area contributed by atoms with Crippen molar-refractivity contribution in [2.24, 2.45) is 5.73 Å². The van der Waals surface area contributed by atoms with E-state index < -0.39 is 0 Å². The van der Waals surface area contributed by atoms with Crippen LogP contribution in [0.3, 0.4) is 0 Å². The highest BCUT2D eigenvalue weighted by molar-refractivity contribution is 7.79. The molecular formula is C11H19NS. The molecule has 1 unspecified atom stereocenters. The van der Waals surface area contributed by atoms with Gasteiger partial charge in [-0.3, -0.25) is 0 Å². The van der Waals surface area contributed by atoms with Gasteiger partial charge in [0.2, 0.25) is 0 Å². The molecule has 0 bridgehead atoms. The fourth-order valence-electron chi connectivity index (χ4n) is 1.10. The van der Waals surface area contributed by atoms with Gasteiger partial charge in [-0.15, -0.1) is 0 Å². The molecule has 2 heteroatoms. The van der Waals surface area contributed by atoms with Crippen molar-refractivity contribution in [2.75, 3.05) is 6.26 Å². The minimum absolute atomic E-state index is 0.262. The van der Waals surface area contributed by atoms with Crippen LogP contribution in [0.25, 0.3) is 0 Å². The summed E-state index contributed by atoms with van der Waals surface area (Å²) in [5.74, 6) is 0. The van der Waals surface area contributed by atoms with Gasteiger partial charge in [-0.05, 0) is 32.1 Å². The van der Waals surface area contributed by atoms with Crippen molar-refractivity contribution in [3.63, 3.8) is 0 Å². The summed E-state index contributed by atoms with van der Waals surface area (Å²) in [6.07, 6.45) is 2.67. The third-order valence-corrected chi connectivity index (χ3v) is 1.68. The zero-order chi connectivity index (χ0) is 10.3. The van der Waals surface area contributed by atoms with Crippen molar-refractivity contribution in [1.82, 2.24) is 0 Å². The molecular weight excluding hydrogens is 178 g/mol. The van der Waals surface area contributed by atoms with Gasteiger partial charge in [0.15, 0.2) is 0 Å². The van der Waals surface area contributed by atoms with Crippen LogP contribution in [0.15, 0.2) is 24.3 Å².